The lowest BCUT2D eigenvalue weighted by Gasteiger charge is -2.08. The number of aryl methyl sites for hydroxylation is 2. The molecule has 3 aromatic rings. The predicted octanol–water partition coefficient (Wildman–Crippen LogP) is 4.94. The number of hydrogen-bond donors (Lipinski definition) is 0. The molecule has 3 aromatic carbocycles. The Morgan fingerprint density at radius 3 is 1.81 bits per heavy atom. The zero-order valence-corrected chi connectivity index (χ0v) is 14.6. The first-order chi connectivity index (χ1) is 12.5. The van der Waals surface area contributed by atoms with Gasteiger partial charge in [0.25, 0.3) is 0 Å². The lowest BCUT2D eigenvalue weighted by Crippen LogP contribution is -2.06. The summed E-state index contributed by atoms with van der Waals surface area (Å²) in [7, 11) is 0. The molecule has 0 atom stereocenters. The summed E-state index contributed by atoms with van der Waals surface area (Å²) >= 11 is 0. The first-order valence-electron chi connectivity index (χ1n) is 8.20. The fourth-order valence-electron chi connectivity index (χ4n) is 2.87. The number of nitrogens with zero attached hydrogens (tertiary/aromatic N) is 2. The van der Waals surface area contributed by atoms with E-state index in [0.29, 0.717) is 11.1 Å². The Hall–Kier alpha value is -3.69. The highest BCUT2D eigenvalue weighted by molar-refractivity contribution is 6.11. The van der Waals surface area contributed by atoms with Gasteiger partial charge in [0.05, 0.1) is 11.1 Å². The second kappa shape index (κ2) is 7.05. The minimum atomic E-state index is -0.256. The van der Waals surface area contributed by atoms with Gasteiger partial charge in [-0.05, 0) is 36.6 Å². The molecule has 0 amide bonds. The predicted molar refractivity (Wildman–Crippen MR) is 101 cm³/mol. The van der Waals surface area contributed by atoms with Crippen LogP contribution in [0.1, 0.15) is 38.2 Å². The largest absolute Gasteiger partial charge is 0.289 e. The molecule has 0 bridgehead atoms. The quantitative estimate of drug-likeness (QED) is 0.636. The molecule has 0 fully saturated rings. The van der Waals surface area contributed by atoms with Gasteiger partial charge in [-0.15, -0.1) is 0 Å². The van der Waals surface area contributed by atoms with Gasteiger partial charge in [-0.2, -0.15) is 10.5 Å². The molecular weight excluding hydrogens is 320 g/mol. The van der Waals surface area contributed by atoms with Gasteiger partial charge in [0.2, 0.25) is 0 Å². The second-order valence-electron chi connectivity index (χ2n) is 6.18. The fourth-order valence-corrected chi connectivity index (χ4v) is 2.87. The van der Waals surface area contributed by atoms with Gasteiger partial charge < -0.3 is 0 Å². The molecule has 0 aliphatic rings. The van der Waals surface area contributed by atoms with E-state index in [1.54, 1.807) is 31.2 Å². The molecular formula is C23H16N2O. The Morgan fingerprint density at radius 2 is 1.27 bits per heavy atom. The van der Waals surface area contributed by atoms with Gasteiger partial charge in [0, 0.05) is 11.1 Å². The standard InChI is InChI=1S/C23H16N2O/c1-15-3-6-17(7-4-15)18-8-10-19(11-9-18)23(26)20-12-5-16(2)21(13-24)22(20)14-25/h3-12H,1-2H3. The third-order valence-electron chi connectivity index (χ3n) is 4.41. The van der Waals surface area contributed by atoms with E-state index in [1.807, 2.05) is 55.5 Å². The van der Waals surface area contributed by atoms with E-state index in [0.717, 1.165) is 11.1 Å². The molecule has 124 valence electrons. The molecule has 0 spiro atoms. The van der Waals surface area contributed by atoms with Crippen molar-refractivity contribution < 1.29 is 4.79 Å². The number of rotatable bonds is 3. The Balaban J connectivity index is 1.98. The minimum absolute atomic E-state index is 0.139. The average molecular weight is 336 g/mol. The Morgan fingerprint density at radius 1 is 0.731 bits per heavy atom. The first kappa shape index (κ1) is 17.1. The first-order valence-corrected chi connectivity index (χ1v) is 8.20. The summed E-state index contributed by atoms with van der Waals surface area (Å²) in [6.07, 6.45) is 0. The van der Waals surface area contributed by atoms with Crippen LogP contribution in [0, 0.1) is 36.5 Å². The minimum Gasteiger partial charge on any atom is -0.289 e. The van der Waals surface area contributed by atoms with Crippen LogP contribution in [0.15, 0.2) is 60.7 Å². The van der Waals surface area contributed by atoms with Gasteiger partial charge in [0.1, 0.15) is 12.1 Å². The molecule has 0 heterocycles. The molecule has 3 nitrogen and oxygen atoms in total. The van der Waals surface area contributed by atoms with Crippen molar-refractivity contribution in [3.8, 4) is 23.3 Å². The van der Waals surface area contributed by atoms with Crippen molar-refractivity contribution in [1.82, 2.24) is 0 Å². The van der Waals surface area contributed by atoms with Gasteiger partial charge in [-0.1, -0.05) is 60.2 Å². The summed E-state index contributed by atoms with van der Waals surface area (Å²) in [6, 6.07) is 22.8. The third-order valence-corrected chi connectivity index (χ3v) is 4.41. The number of hydrogen-bond acceptors (Lipinski definition) is 3. The summed E-state index contributed by atoms with van der Waals surface area (Å²) in [5.41, 5.74) is 5.13. The molecule has 0 N–H and O–H groups in total. The summed E-state index contributed by atoms with van der Waals surface area (Å²) < 4.78 is 0. The van der Waals surface area contributed by atoms with Crippen molar-refractivity contribution in [2.24, 2.45) is 0 Å². The van der Waals surface area contributed by atoms with Gasteiger partial charge in [0.15, 0.2) is 5.78 Å². The molecule has 3 rings (SSSR count). The molecule has 26 heavy (non-hydrogen) atoms. The second-order valence-corrected chi connectivity index (χ2v) is 6.18. The molecule has 0 unspecified atom stereocenters. The van der Waals surface area contributed by atoms with Crippen LogP contribution in [0.5, 0.6) is 0 Å². The van der Waals surface area contributed by atoms with E-state index in [4.69, 9.17) is 0 Å². The van der Waals surface area contributed by atoms with E-state index in [2.05, 4.69) is 0 Å². The Labute approximate surface area is 152 Å². The molecule has 0 aromatic heterocycles. The van der Waals surface area contributed by atoms with Crippen molar-refractivity contribution in [1.29, 1.82) is 10.5 Å². The van der Waals surface area contributed by atoms with E-state index < -0.39 is 0 Å². The summed E-state index contributed by atoms with van der Waals surface area (Å²) in [5, 5.41) is 18.7. The molecule has 0 saturated heterocycles. The molecule has 0 aliphatic heterocycles. The van der Waals surface area contributed by atoms with E-state index in [-0.39, 0.29) is 22.5 Å². The van der Waals surface area contributed by atoms with Crippen molar-refractivity contribution in [2.75, 3.05) is 0 Å². The third kappa shape index (κ3) is 3.11. The van der Waals surface area contributed by atoms with Gasteiger partial charge in [-0.25, -0.2) is 0 Å². The molecule has 3 heteroatoms. The zero-order chi connectivity index (χ0) is 18.7. The highest BCUT2D eigenvalue weighted by atomic mass is 16.1. The van der Waals surface area contributed by atoms with Crippen LogP contribution in [0.4, 0.5) is 0 Å². The van der Waals surface area contributed by atoms with Crippen LogP contribution in [-0.2, 0) is 0 Å². The fraction of sp³-hybridized carbons (Fsp3) is 0.0870. The van der Waals surface area contributed by atoms with Crippen molar-refractivity contribution in [2.45, 2.75) is 13.8 Å². The smallest absolute Gasteiger partial charge is 0.194 e. The van der Waals surface area contributed by atoms with Crippen molar-refractivity contribution >= 4 is 5.78 Å². The summed E-state index contributed by atoms with van der Waals surface area (Å²) in [4.78, 5) is 12.8. The van der Waals surface area contributed by atoms with E-state index >= 15 is 0 Å². The van der Waals surface area contributed by atoms with Crippen LogP contribution < -0.4 is 0 Å². The normalized spacial score (nSPS) is 10.0. The van der Waals surface area contributed by atoms with Crippen LogP contribution in [0.3, 0.4) is 0 Å². The lowest BCUT2D eigenvalue weighted by molar-refractivity contribution is 0.103. The SMILES string of the molecule is Cc1ccc(-c2ccc(C(=O)c3ccc(C)c(C#N)c3C#N)cc2)cc1. The average Bonchev–Trinajstić information content (AvgIpc) is 2.68. The monoisotopic (exact) mass is 336 g/mol. The topological polar surface area (TPSA) is 64.7 Å². The summed E-state index contributed by atoms with van der Waals surface area (Å²) in [5.74, 6) is -0.256. The number of nitriles is 2. The Kier molecular flexibility index (Phi) is 4.65. The van der Waals surface area contributed by atoms with Gasteiger partial charge >= 0.3 is 0 Å². The van der Waals surface area contributed by atoms with E-state index in [1.165, 1.54) is 5.56 Å². The van der Waals surface area contributed by atoms with Crippen LogP contribution in [0.2, 0.25) is 0 Å². The molecule has 0 saturated carbocycles. The molecule has 0 radical (unpaired) electrons. The Bertz CT molecular complexity index is 1060. The van der Waals surface area contributed by atoms with Crippen LogP contribution in [-0.4, -0.2) is 5.78 Å². The van der Waals surface area contributed by atoms with Crippen LogP contribution >= 0.6 is 0 Å². The zero-order valence-electron chi connectivity index (χ0n) is 14.6. The number of benzene rings is 3. The maximum absolute atomic E-state index is 12.8. The van der Waals surface area contributed by atoms with E-state index in [9.17, 15) is 15.3 Å². The summed E-state index contributed by atoms with van der Waals surface area (Å²) in [6.45, 7) is 3.79. The maximum atomic E-state index is 12.8. The van der Waals surface area contributed by atoms with Crippen LogP contribution in [0.25, 0.3) is 11.1 Å². The number of carbonyl (C=O) groups excluding carboxylic acids is 1. The highest BCUT2D eigenvalue weighted by Crippen LogP contribution is 2.24. The van der Waals surface area contributed by atoms with Crippen molar-refractivity contribution in [3.63, 3.8) is 0 Å². The highest BCUT2D eigenvalue weighted by Gasteiger charge is 2.18. The molecule has 0 aliphatic carbocycles. The van der Waals surface area contributed by atoms with Gasteiger partial charge in [-0.3, -0.25) is 4.79 Å². The number of carbonyl (C=O) groups is 1. The number of ketones is 1. The van der Waals surface area contributed by atoms with Crippen molar-refractivity contribution in [3.05, 3.63) is 94.0 Å². The lowest BCUT2D eigenvalue weighted by atomic mass is 9.92. The maximum Gasteiger partial charge on any atom is 0.194 e.